The molecule has 0 saturated carbocycles. The Hall–Kier alpha value is -2.81. The third-order valence-electron chi connectivity index (χ3n) is 3.34. The quantitative estimate of drug-likeness (QED) is 0.177. The van der Waals surface area contributed by atoms with E-state index in [-0.39, 0.29) is 18.1 Å². The fraction of sp³-hybridized carbons (Fsp3) is 0.400. The Labute approximate surface area is 140 Å². The minimum atomic E-state index is -0.884. The predicted octanol–water partition coefficient (Wildman–Crippen LogP) is -1.71. The maximum atomic E-state index is 12.1. The number of nitrogens with zero attached hydrogens (tertiary/aromatic N) is 1. The van der Waals surface area contributed by atoms with Crippen LogP contribution in [-0.2, 0) is 16.0 Å². The second-order valence-electron chi connectivity index (χ2n) is 5.39. The van der Waals surface area contributed by atoms with Gasteiger partial charge in [0, 0.05) is 13.0 Å². The van der Waals surface area contributed by atoms with E-state index in [0.717, 1.165) is 5.56 Å². The zero-order valence-electron chi connectivity index (χ0n) is 13.3. The van der Waals surface area contributed by atoms with E-state index in [1.807, 2.05) is 0 Å². The van der Waals surface area contributed by atoms with Gasteiger partial charge in [-0.25, -0.2) is 0 Å². The minimum Gasteiger partial charge on any atom is -0.508 e. The Morgan fingerprint density at radius 2 is 1.79 bits per heavy atom. The van der Waals surface area contributed by atoms with Gasteiger partial charge in [-0.05, 0) is 30.5 Å². The van der Waals surface area contributed by atoms with Crippen molar-refractivity contribution in [3.05, 3.63) is 29.8 Å². The highest BCUT2D eigenvalue weighted by molar-refractivity contribution is 5.89. The highest BCUT2D eigenvalue weighted by Crippen LogP contribution is 2.11. The highest BCUT2D eigenvalue weighted by Gasteiger charge is 2.22. The number of amides is 2. The van der Waals surface area contributed by atoms with Crippen LogP contribution in [0.2, 0.25) is 0 Å². The van der Waals surface area contributed by atoms with Crippen molar-refractivity contribution >= 4 is 17.8 Å². The van der Waals surface area contributed by atoms with Gasteiger partial charge in [0.15, 0.2) is 5.96 Å². The van der Waals surface area contributed by atoms with E-state index >= 15 is 0 Å². The van der Waals surface area contributed by atoms with Crippen LogP contribution in [0.25, 0.3) is 0 Å². The van der Waals surface area contributed by atoms with Crippen LogP contribution in [0.1, 0.15) is 18.4 Å². The monoisotopic (exact) mass is 336 g/mol. The number of nitrogens with one attached hydrogen (secondary N) is 1. The van der Waals surface area contributed by atoms with E-state index in [0.29, 0.717) is 19.4 Å². The molecule has 0 aliphatic carbocycles. The zero-order valence-corrected chi connectivity index (χ0v) is 13.3. The topological polar surface area (TPSA) is 183 Å². The van der Waals surface area contributed by atoms with Crippen molar-refractivity contribution in [2.75, 3.05) is 6.54 Å². The van der Waals surface area contributed by atoms with Gasteiger partial charge < -0.3 is 33.4 Å². The number of phenols is 1. The maximum absolute atomic E-state index is 12.1. The van der Waals surface area contributed by atoms with Gasteiger partial charge in [0.1, 0.15) is 11.8 Å². The fourth-order valence-electron chi connectivity index (χ4n) is 2.02. The Kier molecular flexibility index (Phi) is 7.50. The number of carbonyl (C=O) groups is 2. The molecule has 0 aromatic heterocycles. The number of hydrogen-bond donors (Lipinski definition) is 6. The van der Waals surface area contributed by atoms with Crippen molar-refractivity contribution in [1.29, 1.82) is 0 Å². The second kappa shape index (κ2) is 9.36. The van der Waals surface area contributed by atoms with E-state index in [1.165, 1.54) is 12.1 Å². The number of carbonyl (C=O) groups excluding carboxylic acids is 2. The number of hydrogen-bond acceptors (Lipinski definition) is 5. The van der Waals surface area contributed by atoms with E-state index in [9.17, 15) is 14.7 Å². The highest BCUT2D eigenvalue weighted by atomic mass is 16.3. The smallest absolute Gasteiger partial charge is 0.240 e. The Morgan fingerprint density at radius 1 is 1.17 bits per heavy atom. The SMILES string of the molecule is NC(=O)C(Cc1ccc(O)cc1)NC(=O)[C@@H](N)CCCN=C(N)N. The number of guanidine groups is 1. The third kappa shape index (κ3) is 6.97. The van der Waals surface area contributed by atoms with E-state index in [2.05, 4.69) is 10.3 Å². The molecule has 0 fully saturated rings. The molecule has 0 spiro atoms. The molecule has 0 heterocycles. The van der Waals surface area contributed by atoms with Crippen molar-refractivity contribution in [2.45, 2.75) is 31.3 Å². The first-order chi connectivity index (χ1) is 11.3. The lowest BCUT2D eigenvalue weighted by atomic mass is 10.0. The largest absolute Gasteiger partial charge is 0.508 e. The molecule has 0 aliphatic rings. The predicted molar refractivity (Wildman–Crippen MR) is 90.8 cm³/mol. The van der Waals surface area contributed by atoms with Gasteiger partial charge in [-0.15, -0.1) is 0 Å². The minimum absolute atomic E-state index is 0.0179. The van der Waals surface area contributed by atoms with Crippen LogP contribution in [-0.4, -0.2) is 41.5 Å². The van der Waals surface area contributed by atoms with Gasteiger partial charge in [0.2, 0.25) is 11.8 Å². The lowest BCUT2D eigenvalue weighted by Crippen LogP contribution is -2.51. The van der Waals surface area contributed by atoms with Crippen molar-refractivity contribution in [1.82, 2.24) is 5.32 Å². The Balaban J connectivity index is 2.54. The van der Waals surface area contributed by atoms with Crippen molar-refractivity contribution in [3.8, 4) is 5.75 Å². The number of nitrogens with two attached hydrogens (primary N) is 4. The van der Waals surface area contributed by atoms with Crippen LogP contribution in [0.3, 0.4) is 0 Å². The molecule has 132 valence electrons. The fourth-order valence-corrected chi connectivity index (χ4v) is 2.02. The second-order valence-corrected chi connectivity index (χ2v) is 5.39. The summed E-state index contributed by atoms with van der Waals surface area (Å²) in [5.41, 5.74) is 22.3. The van der Waals surface area contributed by atoms with Crippen LogP contribution in [0.15, 0.2) is 29.3 Å². The molecule has 0 bridgehead atoms. The van der Waals surface area contributed by atoms with Gasteiger partial charge in [-0.3, -0.25) is 14.6 Å². The third-order valence-corrected chi connectivity index (χ3v) is 3.34. The number of primary amides is 1. The van der Waals surface area contributed by atoms with Crippen LogP contribution in [0, 0.1) is 0 Å². The van der Waals surface area contributed by atoms with Crippen LogP contribution < -0.4 is 28.3 Å². The molecule has 9 heteroatoms. The summed E-state index contributed by atoms with van der Waals surface area (Å²) in [5, 5.41) is 11.8. The van der Waals surface area contributed by atoms with E-state index in [4.69, 9.17) is 22.9 Å². The first-order valence-corrected chi connectivity index (χ1v) is 7.48. The molecule has 9 nitrogen and oxygen atoms in total. The Morgan fingerprint density at radius 3 is 2.33 bits per heavy atom. The van der Waals surface area contributed by atoms with Gasteiger partial charge in [0.05, 0.1) is 6.04 Å². The molecular formula is C15H24N6O3. The van der Waals surface area contributed by atoms with Crippen molar-refractivity contribution < 1.29 is 14.7 Å². The lowest BCUT2D eigenvalue weighted by molar-refractivity contribution is -0.128. The number of aliphatic imine (C=N–C) groups is 1. The van der Waals surface area contributed by atoms with Gasteiger partial charge in [0.25, 0.3) is 0 Å². The molecule has 0 saturated heterocycles. The number of aromatic hydroxyl groups is 1. The summed E-state index contributed by atoms with van der Waals surface area (Å²) in [7, 11) is 0. The maximum Gasteiger partial charge on any atom is 0.240 e. The van der Waals surface area contributed by atoms with Crippen molar-refractivity contribution in [2.24, 2.45) is 27.9 Å². The standard InChI is InChI=1S/C15H24N6O3/c16-11(2-1-7-20-15(18)19)14(24)21-12(13(17)23)8-9-3-5-10(22)6-4-9/h3-6,11-12,22H,1-2,7-8,16H2,(H2,17,23)(H,21,24)(H4,18,19,20)/t11-,12?/m0/s1. The van der Waals surface area contributed by atoms with Gasteiger partial charge in [-0.1, -0.05) is 12.1 Å². The molecule has 2 atom stereocenters. The molecule has 0 aliphatic heterocycles. The molecule has 1 aromatic rings. The number of benzene rings is 1. The summed E-state index contributed by atoms with van der Waals surface area (Å²) in [5.74, 6) is -1.04. The number of phenolic OH excluding ortho intramolecular Hbond substituents is 1. The molecule has 2 amide bonds. The first kappa shape index (κ1) is 19.2. The normalized spacial score (nSPS) is 12.9. The van der Waals surface area contributed by atoms with Crippen LogP contribution >= 0.6 is 0 Å². The summed E-state index contributed by atoms with van der Waals surface area (Å²) in [6.07, 6.45) is 1.11. The van der Waals surface area contributed by atoms with Gasteiger partial charge >= 0.3 is 0 Å². The number of rotatable bonds is 9. The van der Waals surface area contributed by atoms with Gasteiger partial charge in [-0.2, -0.15) is 0 Å². The first-order valence-electron chi connectivity index (χ1n) is 7.48. The van der Waals surface area contributed by atoms with Crippen LogP contribution in [0.5, 0.6) is 5.75 Å². The van der Waals surface area contributed by atoms with Crippen LogP contribution in [0.4, 0.5) is 0 Å². The summed E-state index contributed by atoms with van der Waals surface area (Å²) >= 11 is 0. The molecule has 1 rings (SSSR count). The summed E-state index contributed by atoms with van der Waals surface area (Å²) in [6, 6.07) is 4.60. The molecule has 1 unspecified atom stereocenters. The molecular weight excluding hydrogens is 312 g/mol. The van der Waals surface area contributed by atoms with E-state index in [1.54, 1.807) is 12.1 Å². The average molecular weight is 336 g/mol. The molecule has 0 radical (unpaired) electrons. The summed E-state index contributed by atoms with van der Waals surface area (Å²) < 4.78 is 0. The van der Waals surface area contributed by atoms with E-state index < -0.39 is 23.9 Å². The van der Waals surface area contributed by atoms with Crippen molar-refractivity contribution in [3.63, 3.8) is 0 Å². The lowest BCUT2D eigenvalue weighted by Gasteiger charge is -2.18. The molecule has 1 aromatic carbocycles. The summed E-state index contributed by atoms with van der Waals surface area (Å²) in [4.78, 5) is 27.4. The average Bonchev–Trinajstić information content (AvgIpc) is 2.52. The molecule has 10 N–H and O–H groups in total. The zero-order chi connectivity index (χ0) is 18.1. The Bertz CT molecular complexity index is 583. The summed E-state index contributed by atoms with van der Waals surface area (Å²) in [6.45, 7) is 0.371. The molecule has 24 heavy (non-hydrogen) atoms.